The van der Waals surface area contributed by atoms with Gasteiger partial charge < -0.3 is 9.47 Å². The standard InChI is InChI=1S/C14H18O4/c1-14(2,3)10-6-7-11(13(16)18-5)8-9-12(15)17-4/h7-9H,1-5H3/b9-8+,11-7+. The Morgan fingerprint density at radius 2 is 1.67 bits per heavy atom. The third-order valence-corrected chi connectivity index (χ3v) is 1.70. The van der Waals surface area contributed by atoms with E-state index in [0.29, 0.717) is 0 Å². The molecule has 0 saturated carbocycles. The SMILES string of the molecule is COC(=O)/C=C/C(=C\C#CC(C)(C)C)C(=O)OC. The fourth-order valence-corrected chi connectivity index (χ4v) is 0.849. The second-order valence-electron chi connectivity index (χ2n) is 4.47. The van der Waals surface area contributed by atoms with Gasteiger partial charge in [-0.1, -0.05) is 11.8 Å². The lowest BCUT2D eigenvalue weighted by Crippen LogP contribution is -2.04. The van der Waals surface area contributed by atoms with Crippen LogP contribution in [0.15, 0.2) is 23.8 Å². The normalized spacial score (nSPS) is 11.7. The number of rotatable bonds is 3. The third kappa shape index (κ3) is 7.29. The van der Waals surface area contributed by atoms with Gasteiger partial charge in [0.05, 0.1) is 19.8 Å². The molecular formula is C14H18O4. The van der Waals surface area contributed by atoms with Crippen LogP contribution in [-0.2, 0) is 19.1 Å². The fraction of sp³-hybridized carbons (Fsp3) is 0.429. The first kappa shape index (κ1) is 16.0. The summed E-state index contributed by atoms with van der Waals surface area (Å²) in [4.78, 5) is 22.3. The van der Waals surface area contributed by atoms with Crippen molar-refractivity contribution in [2.24, 2.45) is 5.41 Å². The molecule has 0 aromatic carbocycles. The van der Waals surface area contributed by atoms with Crippen molar-refractivity contribution < 1.29 is 19.1 Å². The third-order valence-electron chi connectivity index (χ3n) is 1.70. The highest BCUT2D eigenvalue weighted by Crippen LogP contribution is 2.10. The average molecular weight is 250 g/mol. The Morgan fingerprint density at radius 3 is 2.11 bits per heavy atom. The van der Waals surface area contributed by atoms with E-state index in [0.717, 1.165) is 6.08 Å². The van der Waals surface area contributed by atoms with Crippen LogP contribution < -0.4 is 0 Å². The van der Waals surface area contributed by atoms with E-state index < -0.39 is 11.9 Å². The minimum atomic E-state index is -0.557. The van der Waals surface area contributed by atoms with E-state index in [9.17, 15) is 9.59 Å². The van der Waals surface area contributed by atoms with E-state index in [1.165, 1.54) is 26.4 Å². The molecule has 4 nitrogen and oxygen atoms in total. The van der Waals surface area contributed by atoms with Crippen molar-refractivity contribution in [1.29, 1.82) is 0 Å². The van der Waals surface area contributed by atoms with Gasteiger partial charge in [-0.25, -0.2) is 9.59 Å². The molecule has 0 aromatic rings. The molecule has 0 fully saturated rings. The van der Waals surface area contributed by atoms with Gasteiger partial charge in [0.25, 0.3) is 0 Å². The van der Waals surface area contributed by atoms with Crippen molar-refractivity contribution >= 4 is 11.9 Å². The Hall–Kier alpha value is -2.02. The Bertz CT molecular complexity index is 425. The summed E-state index contributed by atoms with van der Waals surface area (Å²) in [5.74, 6) is 4.61. The lowest BCUT2D eigenvalue weighted by molar-refractivity contribution is -0.135. The van der Waals surface area contributed by atoms with Crippen LogP contribution in [0.5, 0.6) is 0 Å². The number of carbonyl (C=O) groups excluding carboxylic acids is 2. The maximum absolute atomic E-state index is 11.4. The van der Waals surface area contributed by atoms with E-state index >= 15 is 0 Å². The van der Waals surface area contributed by atoms with Gasteiger partial charge in [-0.05, 0) is 26.8 Å². The van der Waals surface area contributed by atoms with Gasteiger partial charge in [-0.2, -0.15) is 0 Å². The smallest absolute Gasteiger partial charge is 0.338 e. The second kappa shape index (κ2) is 7.33. The summed E-state index contributed by atoms with van der Waals surface area (Å²) in [6.45, 7) is 5.86. The molecule has 0 bridgehead atoms. The molecule has 0 spiro atoms. The molecule has 0 atom stereocenters. The van der Waals surface area contributed by atoms with Gasteiger partial charge in [0, 0.05) is 17.6 Å². The molecule has 0 rings (SSSR count). The summed E-state index contributed by atoms with van der Waals surface area (Å²) in [6, 6.07) is 0. The van der Waals surface area contributed by atoms with E-state index in [1.807, 2.05) is 20.8 Å². The molecule has 0 heterocycles. The van der Waals surface area contributed by atoms with Gasteiger partial charge in [0.2, 0.25) is 0 Å². The maximum atomic E-state index is 11.4. The van der Waals surface area contributed by atoms with Crippen molar-refractivity contribution in [2.45, 2.75) is 20.8 Å². The summed E-state index contributed by atoms with van der Waals surface area (Å²) in [5, 5.41) is 0. The topological polar surface area (TPSA) is 52.6 Å². The lowest BCUT2D eigenvalue weighted by atomic mass is 9.98. The molecule has 98 valence electrons. The molecule has 0 amide bonds. The molecule has 0 aliphatic heterocycles. The highest BCUT2D eigenvalue weighted by atomic mass is 16.5. The number of hydrogen-bond acceptors (Lipinski definition) is 4. The van der Waals surface area contributed by atoms with E-state index in [1.54, 1.807) is 0 Å². The van der Waals surface area contributed by atoms with Crippen LogP contribution in [0.2, 0.25) is 0 Å². The maximum Gasteiger partial charge on any atom is 0.338 e. The molecule has 0 saturated heterocycles. The predicted molar refractivity (Wildman–Crippen MR) is 68.5 cm³/mol. The van der Waals surface area contributed by atoms with Crippen LogP contribution in [-0.4, -0.2) is 26.2 Å². The molecule has 4 heteroatoms. The zero-order valence-corrected chi connectivity index (χ0v) is 11.4. The number of hydrogen-bond donors (Lipinski definition) is 0. The number of esters is 2. The van der Waals surface area contributed by atoms with Gasteiger partial charge in [-0.15, -0.1) is 0 Å². The summed E-state index contributed by atoms with van der Waals surface area (Å²) in [6.07, 6.45) is 3.87. The van der Waals surface area contributed by atoms with Crippen molar-refractivity contribution in [3.63, 3.8) is 0 Å². The number of allylic oxidation sites excluding steroid dienone is 1. The lowest BCUT2D eigenvalue weighted by Gasteiger charge is -2.06. The Morgan fingerprint density at radius 1 is 1.06 bits per heavy atom. The van der Waals surface area contributed by atoms with Crippen LogP contribution in [0, 0.1) is 17.3 Å². The minimum absolute atomic E-state index is 0.163. The minimum Gasteiger partial charge on any atom is -0.466 e. The molecule has 0 aliphatic rings. The van der Waals surface area contributed by atoms with E-state index in [2.05, 4.69) is 21.3 Å². The highest BCUT2D eigenvalue weighted by molar-refractivity contribution is 5.94. The summed E-state index contributed by atoms with van der Waals surface area (Å²) >= 11 is 0. The highest BCUT2D eigenvalue weighted by Gasteiger charge is 2.06. The number of methoxy groups -OCH3 is 2. The van der Waals surface area contributed by atoms with Crippen molar-refractivity contribution in [3.8, 4) is 11.8 Å². The zero-order valence-electron chi connectivity index (χ0n) is 11.4. The molecule has 0 aliphatic carbocycles. The Kier molecular flexibility index (Phi) is 6.51. The summed E-state index contributed by atoms with van der Waals surface area (Å²) < 4.78 is 9.01. The Balaban J connectivity index is 5.06. The molecule has 0 radical (unpaired) electrons. The number of ether oxygens (including phenoxy) is 2. The molecule has 18 heavy (non-hydrogen) atoms. The van der Waals surface area contributed by atoms with Crippen LogP contribution in [0.1, 0.15) is 20.8 Å². The molecule has 0 unspecified atom stereocenters. The summed E-state index contributed by atoms with van der Waals surface area (Å²) in [7, 11) is 2.52. The molecule has 0 aromatic heterocycles. The first-order valence-corrected chi connectivity index (χ1v) is 5.37. The van der Waals surface area contributed by atoms with Crippen LogP contribution in [0.4, 0.5) is 0 Å². The van der Waals surface area contributed by atoms with Crippen LogP contribution >= 0.6 is 0 Å². The second-order valence-corrected chi connectivity index (χ2v) is 4.47. The van der Waals surface area contributed by atoms with Crippen LogP contribution in [0.3, 0.4) is 0 Å². The quantitative estimate of drug-likeness (QED) is 0.332. The number of carbonyl (C=O) groups is 2. The van der Waals surface area contributed by atoms with E-state index in [-0.39, 0.29) is 11.0 Å². The summed E-state index contributed by atoms with van der Waals surface area (Å²) in [5.41, 5.74) is 0.0312. The largest absolute Gasteiger partial charge is 0.466 e. The predicted octanol–water partition coefficient (Wildman–Crippen LogP) is 1.86. The molecule has 0 N–H and O–H groups in total. The van der Waals surface area contributed by atoms with Gasteiger partial charge in [0.15, 0.2) is 0 Å². The average Bonchev–Trinajstić information content (AvgIpc) is 2.30. The first-order chi connectivity index (χ1) is 8.30. The van der Waals surface area contributed by atoms with Gasteiger partial charge in [0.1, 0.15) is 0 Å². The Labute approximate surface area is 108 Å². The van der Waals surface area contributed by atoms with E-state index in [4.69, 9.17) is 0 Å². The monoisotopic (exact) mass is 250 g/mol. The van der Waals surface area contributed by atoms with Gasteiger partial charge >= 0.3 is 11.9 Å². The fourth-order valence-electron chi connectivity index (χ4n) is 0.849. The van der Waals surface area contributed by atoms with Crippen molar-refractivity contribution in [1.82, 2.24) is 0 Å². The first-order valence-electron chi connectivity index (χ1n) is 5.37. The zero-order chi connectivity index (χ0) is 14.2. The molecular weight excluding hydrogens is 232 g/mol. The van der Waals surface area contributed by atoms with Gasteiger partial charge in [-0.3, -0.25) is 0 Å². The van der Waals surface area contributed by atoms with Crippen molar-refractivity contribution in [3.05, 3.63) is 23.8 Å². The van der Waals surface area contributed by atoms with Crippen LogP contribution in [0.25, 0.3) is 0 Å². The van der Waals surface area contributed by atoms with Crippen molar-refractivity contribution in [2.75, 3.05) is 14.2 Å².